The summed E-state index contributed by atoms with van der Waals surface area (Å²) in [6.07, 6.45) is 0.741. The van der Waals surface area contributed by atoms with Gasteiger partial charge in [-0.3, -0.25) is 9.88 Å². The summed E-state index contributed by atoms with van der Waals surface area (Å²) in [6.45, 7) is 3.51. The van der Waals surface area contributed by atoms with E-state index in [-0.39, 0.29) is 0 Å². The Hall–Kier alpha value is -2.15. The minimum Gasteiger partial charge on any atom is -0.359 e. The topological polar surface area (TPSA) is 32.3 Å². The van der Waals surface area contributed by atoms with Crippen LogP contribution in [-0.4, -0.2) is 41.5 Å². The Balaban J connectivity index is 1.51. The Morgan fingerprint density at radius 3 is 2.54 bits per heavy atom. The quantitative estimate of drug-likeness (QED) is 0.807. The fourth-order valence-electron chi connectivity index (χ4n) is 3.33. The summed E-state index contributed by atoms with van der Waals surface area (Å²) in [4.78, 5) is 12.7. The van der Waals surface area contributed by atoms with Crippen molar-refractivity contribution in [1.82, 2.24) is 14.9 Å². The van der Waals surface area contributed by atoms with Gasteiger partial charge in [0, 0.05) is 32.5 Å². The molecule has 7 heteroatoms. The zero-order valence-corrected chi connectivity index (χ0v) is 14.8. The highest BCUT2D eigenvalue weighted by Gasteiger charge is 2.31. The molecule has 0 radical (unpaired) electrons. The maximum absolute atomic E-state index is 12.9. The van der Waals surface area contributed by atoms with Crippen LogP contribution in [0.4, 0.5) is 19.0 Å². The zero-order valence-electron chi connectivity index (χ0n) is 14.8. The zero-order chi connectivity index (χ0) is 18.6. The average molecular weight is 364 g/mol. The van der Waals surface area contributed by atoms with Gasteiger partial charge in [-0.2, -0.15) is 13.2 Å². The molecule has 1 fully saturated rings. The van der Waals surface area contributed by atoms with Crippen molar-refractivity contribution in [3.8, 4) is 0 Å². The van der Waals surface area contributed by atoms with Gasteiger partial charge in [0.1, 0.15) is 5.82 Å². The number of rotatable bonds is 5. The van der Waals surface area contributed by atoms with E-state index in [0.717, 1.165) is 50.3 Å². The van der Waals surface area contributed by atoms with Gasteiger partial charge in [-0.05, 0) is 56.1 Å². The molecule has 0 aliphatic carbocycles. The fourth-order valence-corrected chi connectivity index (χ4v) is 3.33. The van der Waals surface area contributed by atoms with E-state index in [1.165, 1.54) is 6.20 Å². The summed E-state index contributed by atoms with van der Waals surface area (Å²) in [5.41, 5.74) is 0.413. The van der Waals surface area contributed by atoms with Gasteiger partial charge < -0.3 is 4.90 Å². The lowest BCUT2D eigenvalue weighted by molar-refractivity contribution is -0.137. The van der Waals surface area contributed by atoms with Crippen molar-refractivity contribution in [3.05, 3.63) is 54.0 Å². The van der Waals surface area contributed by atoms with Crippen LogP contribution < -0.4 is 4.90 Å². The number of piperidine rings is 1. The Kier molecular flexibility index (Phi) is 5.76. The van der Waals surface area contributed by atoms with Crippen molar-refractivity contribution in [2.75, 3.05) is 31.6 Å². The third-order valence-corrected chi connectivity index (χ3v) is 4.81. The van der Waals surface area contributed by atoms with Gasteiger partial charge in [-0.25, -0.2) is 4.98 Å². The van der Waals surface area contributed by atoms with Gasteiger partial charge in [0.05, 0.1) is 11.3 Å². The normalized spacial score (nSPS) is 16.6. The second-order valence-corrected chi connectivity index (χ2v) is 6.82. The third-order valence-electron chi connectivity index (χ3n) is 4.81. The first-order valence-corrected chi connectivity index (χ1v) is 8.78. The molecule has 1 aliphatic rings. The molecule has 0 amide bonds. The van der Waals surface area contributed by atoms with Gasteiger partial charge in [0.25, 0.3) is 0 Å². The van der Waals surface area contributed by atoms with E-state index in [9.17, 15) is 13.2 Å². The van der Waals surface area contributed by atoms with Crippen molar-refractivity contribution in [2.24, 2.45) is 5.92 Å². The number of halogens is 3. The summed E-state index contributed by atoms with van der Waals surface area (Å²) in [5.74, 6) is 0.826. The van der Waals surface area contributed by atoms with Crippen molar-refractivity contribution < 1.29 is 13.2 Å². The number of anilines is 1. The fraction of sp³-hybridized carbons (Fsp3) is 0.474. The lowest BCUT2D eigenvalue weighted by Crippen LogP contribution is -2.37. The predicted octanol–water partition coefficient (Wildman–Crippen LogP) is 3.84. The molecule has 0 spiro atoms. The number of hydrogen-bond donors (Lipinski definition) is 0. The molecule has 0 atom stereocenters. The Labute approximate surface area is 151 Å². The number of aromatic nitrogens is 2. The maximum Gasteiger partial charge on any atom is 0.416 e. The summed E-state index contributed by atoms with van der Waals surface area (Å²) < 4.78 is 38.6. The SMILES string of the molecule is CN(CC1CCN(Cc2ccccn2)CC1)c1cc(C(F)(F)F)ccn1. The first-order chi connectivity index (χ1) is 12.4. The number of likely N-dealkylation sites (tertiary alicyclic amines) is 1. The first-order valence-electron chi connectivity index (χ1n) is 8.78. The summed E-state index contributed by atoms with van der Waals surface area (Å²) in [5, 5.41) is 0. The van der Waals surface area contributed by atoms with Crippen molar-refractivity contribution in [1.29, 1.82) is 0 Å². The van der Waals surface area contributed by atoms with E-state index in [4.69, 9.17) is 0 Å². The highest BCUT2D eigenvalue weighted by atomic mass is 19.4. The molecule has 2 aromatic rings. The molecule has 26 heavy (non-hydrogen) atoms. The van der Waals surface area contributed by atoms with Crippen LogP contribution in [0.25, 0.3) is 0 Å². The van der Waals surface area contributed by atoms with Gasteiger partial charge in [0.2, 0.25) is 0 Å². The van der Waals surface area contributed by atoms with Crippen molar-refractivity contribution >= 4 is 5.82 Å². The van der Waals surface area contributed by atoms with Gasteiger partial charge in [0.15, 0.2) is 0 Å². The Morgan fingerprint density at radius 2 is 1.88 bits per heavy atom. The summed E-state index contributed by atoms with van der Waals surface area (Å²) in [6, 6.07) is 8.06. The van der Waals surface area contributed by atoms with Crippen LogP contribution in [0.1, 0.15) is 24.1 Å². The maximum atomic E-state index is 12.9. The van der Waals surface area contributed by atoms with Crippen LogP contribution in [-0.2, 0) is 12.7 Å². The standard InChI is InChI=1S/C19H23F3N4/c1-25(18-12-16(5-9-24-18)19(20,21)22)13-15-6-10-26(11-7-15)14-17-4-2-3-8-23-17/h2-5,8-9,12,15H,6-7,10-11,13-14H2,1H3. The molecular weight excluding hydrogens is 341 g/mol. The van der Waals surface area contributed by atoms with Crippen LogP contribution in [0.15, 0.2) is 42.7 Å². The van der Waals surface area contributed by atoms with Gasteiger partial charge >= 0.3 is 6.18 Å². The molecule has 2 aromatic heterocycles. The smallest absolute Gasteiger partial charge is 0.359 e. The van der Waals surface area contributed by atoms with Crippen molar-refractivity contribution in [2.45, 2.75) is 25.6 Å². The number of alkyl halides is 3. The summed E-state index contributed by atoms with van der Waals surface area (Å²) in [7, 11) is 1.81. The number of hydrogen-bond acceptors (Lipinski definition) is 4. The molecule has 140 valence electrons. The molecule has 0 bridgehead atoms. The molecule has 3 rings (SSSR count). The molecule has 0 N–H and O–H groups in total. The monoisotopic (exact) mass is 364 g/mol. The van der Waals surface area contributed by atoms with Crippen LogP contribution in [0.2, 0.25) is 0 Å². The molecule has 3 heterocycles. The van der Waals surface area contributed by atoms with Crippen molar-refractivity contribution in [3.63, 3.8) is 0 Å². The van der Waals surface area contributed by atoms with Gasteiger partial charge in [-0.1, -0.05) is 6.07 Å². The van der Waals surface area contributed by atoms with Crippen LogP contribution >= 0.6 is 0 Å². The molecule has 1 aliphatic heterocycles. The van der Waals surface area contributed by atoms with E-state index < -0.39 is 11.7 Å². The van der Waals surface area contributed by atoms with Crippen LogP contribution in [0, 0.1) is 5.92 Å². The largest absolute Gasteiger partial charge is 0.416 e. The van der Waals surface area contributed by atoms with E-state index in [2.05, 4.69) is 14.9 Å². The molecular formula is C19H23F3N4. The predicted molar refractivity (Wildman–Crippen MR) is 94.7 cm³/mol. The van der Waals surface area contributed by atoms with E-state index >= 15 is 0 Å². The Bertz CT molecular complexity index is 697. The molecule has 4 nitrogen and oxygen atoms in total. The molecule has 0 saturated carbocycles. The molecule has 0 aromatic carbocycles. The van der Waals surface area contributed by atoms with Crippen LogP contribution in [0.5, 0.6) is 0 Å². The Morgan fingerprint density at radius 1 is 1.12 bits per heavy atom. The minimum atomic E-state index is -4.34. The van der Waals surface area contributed by atoms with E-state index in [1.807, 2.05) is 30.1 Å². The number of pyridine rings is 2. The highest BCUT2D eigenvalue weighted by Crippen LogP contribution is 2.31. The number of nitrogens with zero attached hydrogens (tertiary/aromatic N) is 4. The average Bonchev–Trinajstić information content (AvgIpc) is 2.63. The second-order valence-electron chi connectivity index (χ2n) is 6.82. The van der Waals surface area contributed by atoms with E-state index in [1.54, 1.807) is 6.20 Å². The molecule has 1 saturated heterocycles. The molecule has 0 unspecified atom stereocenters. The van der Waals surface area contributed by atoms with E-state index in [0.29, 0.717) is 18.3 Å². The lowest BCUT2D eigenvalue weighted by Gasteiger charge is -2.34. The first kappa shape index (κ1) is 18.6. The van der Waals surface area contributed by atoms with Crippen LogP contribution in [0.3, 0.4) is 0 Å². The summed E-state index contributed by atoms with van der Waals surface area (Å²) >= 11 is 0. The van der Waals surface area contributed by atoms with Gasteiger partial charge in [-0.15, -0.1) is 0 Å². The lowest BCUT2D eigenvalue weighted by atomic mass is 9.96. The second kappa shape index (κ2) is 8.03. The highest BCUT2D eigenvalue weighted by molar-refractivity contribution is 5.41. The third kappa shape index (κ3) is 4.94. The minimum absolute atomic E-state index is 0.371.